The van der Waals surface area contributed by atoms with E-state index >= 15 is 0 Å². The lowest BCUT2D eigenvalue weighted by Crippen LogP contribution is -2.70. The summed E-state index contributed by atoms with van der Waals surface area (Å²) < 4.78 is 23.8. The Kier molecular flexibility index (Phi) is 9.39. The summed E-state index contributed by atoms with van der Waals surface area (Å²) in [7, 11) is -1.50. The third-order valence-electron chi connectivity index (χ3n) is 6.46. The zero-order chi connectivity index (χ0) is 30.9. The Morgan fingerprint density at radius 2 is 2.00 bits per heavy atom. The largest absolute Gasteiger partial charge is 0.477 e. The molecule has 10 N–H and O–H groups in total. The minimum absolute atomic E-state index is 0.112. The second-order valence-corrected chi connectivity index (χ2v) is 14.0. The van der Waals surface area contributed by atoms with E-state index < -0.39 is 36.8 Å². The molecule has 226 valence electrons. The number of aliphatic carboxylic acids is 1. The van der Waals surface area contributed by atoms with Crippen molar-refractivity contribution in [1.82, 2.24) is 20.2 Å². The van der Waals surface area contributed by atoms with Gasteiger partial charge in [-0.25, -0.2) is 9.78 Å². The molecular weight excluding hydrogens is 629 g/mol. The molecule has 1 fully saturated rings. The minimum atomic E-state index is -3.82. The molecule has 2 aliphatic heterocycles. The number of hydrogen-bond acceptors (Lipinski definition) is 15. The first-order chi connectivity index (χ1) is 19.8. The summed E-state index contributed by atoms with van der Waals surface area (Å²) in [6, 6.07) is -1.05. The third-order valence-corrected chi connectivity index (χ3v) is 11.0. The van der Waals surface area contributed by atoms with Crippen LogP contribution in [0.5, 0.6) is 0 Å². The molecule has 2 amide bonds. The lowest BCUT2D eigenvalue weighted by Gasteiger charge is -2.49. The smallest absolute Gasteiger partial charge is 0.354 e. The number of carboxylic acids is 1. The number of nitrogen functional groups attached to an aromatic ring is 4. The highest BCUT2D eigenvalue weighted by molar-refractivity contribution is 8.00. The summed E-state index contributed by atoms with van der Waals surface area (Å²) in [6.45, 7) is 1.69. The number of fused-ring (bicyclic) bond motifs is 1. The van der Waals surface area contributed by atoms with E-state index in [-0.39, 0.29) is 33.7 Å². The molecule has 42 heavy (non-hydrogen) atoms. The van der Waals surface area contributed by atoms with Crippen LogP contribution in [-0.2, 0) is 28.0 Å². The molecule has 20 heteroatoms. The van der Waals surface area contributed by atoms with E-state index in [9.17, 15) is 24.1 Å². The van der Waals surface area contributed by atoms with Gasteiger partial charge in [-0.3, -0.25) is 24.9 Å². The number of carbonyl (C=O) groups excluding carboxylic acids is 2. The third kappa shape index (κ3) is 6.06. The average molecular weight is 659 g/mol. The molecule has 0 saturated carbocycles. The van der Waals surface area contributed by atoms with E-state index in [1.807, 2.05) is 0 Å². The molecule has 16 nitrogen and oxygen atoms in total. The van der Waals surface area contributed by atoms with E-state index in [4.69, 9.17) is 32.1 Å². The molecule has 4 rings (SSSR count). The number of nitrogens with two attached hydrogens (primary N) is 4. The van der Waals surface area contributed by atoms with Crippen LogP contribution < -0.4 is 33.0 Å². The van der Waals surface area contributed by atoms with Crippen LogP contribution in [0.25, 0.3) is 5.57 Å². The van der Waals surface area contributed by atoms with Gasteiger partial charge in [0.2, 0.25) is 11.6 Å². The molecule has 2 atom stereocenters. The van der Waals surface area contributed by atoms with Crippen molar-refractivity contribution in [3.05, 3.63) is 33.7 Å². The van der Waals surface area contributed by atoms with Crippen molar-refractivity contribution in [3.63, 3.8) is 0 Å². The van der Waals surface area contributed by atoms with Crippen LogP contribution in [0.1, 0.15) is 17.7 Å². The Labute approximate surface area is 252 Å². The van der Waals surface area contributed by atoms with Crippen molar-refractivity contribution in [1.29, 1.82) is 0 Å². The molecule has 0 unspecified atom stereocenters. The number of hydrogen-bond donors (Lipinski definition) is 6. The molecule has 0 spiro atoms. The second kappa shape index (κ2) is 12.5. The number of carboxylic acid groups (broad SMARTS) is 1. The molecule has 0 bridgehead atoms. The Bertz CT molecular complexity index is 1560. The molecule has 0 aromatic carbocycles. The van der Waals surface area contributed by atoms with Crippen molar-refractivity contribution in [3.8, 4) is 0 Å². The fourth-order valence-electron chi connectivity index (χ4n) is 4.11. The van der Waals surface area contributed by atoms with Gasteiger partial charge in [-0.1, -0.05) is 16.7 Å². The first-order valence-corrected chi connectivity index (χ1v) is 16.6. The van der Waals surface area contributed by atoms with Gasteiger partial charge in [0, 0.05) is 36.9 Å². The zero-order valence-corrected chi connectivity index (χ0v) is 25.9. The standard InChI is InChI=1S/C22H28N9O7PS3/c1-9-15(23)29-22(31(26)16(9)24)40-5-4-10-7-41-19-13(18(33)30(19)14(10)20(34)35)28-17(32)11(6-39(36,37-2)38-3)12-8-42-21(25)27-12/h6,8,13,19H,4-5,7,26H2,1-3H3,(H7,23,24,25,27,28,32,34,35)/p+1/b11-6-/t13-,19-/m1/s1. The highest BCUT2D eigenvalue weighted by Gasteiger charge is 2.54. The molecule has 0 radical (unpaired) electrons. The van der Waals surface area contributed by atoms with Crippen LogP contribution in [0.4, 0.5) is 16.8 Å². The fourth-order valence-corrected chi connectivity index (χ4v) is 7.92. The van der Waals surface area contributed by atoms with Gasteiger partial charge in [0.1, 0.15) is 17.1 Å². The molecule has 2 aliphatic rings. The molecule has 2 aromatic rings. The lowest BCUT2D eigenvalue weighted by molar-refractivity contribution is -0.667. The van der Waals surface area contributed by atoms with Crippen LogP contribution in [0.15, 0.2) is 27.6 Å². The Balaban J connectivity index is 1.51. The molecular formula is C22H29N9O7PS3+. The zero-order valence-electron chi connectivity index (χ0n) is 22.6. The number of nitrogens with zero attached hydrogens (tertiary/aromatic N) is 4. The average Bonchev–Trinajstić information content (AvgIpc) is 3.40. The quantitative estimate of drug-likeness (QED) is 0.0362. The van der Waals surface area contributed by atoms with Crippen LogP contribution in [-0.4, -0.2) is 74.9 Å². The summed E-state index contributed by atoms with van der Waals surface area (Å²) in [5, 5.41) is 13.9. The van der Waals surface area contributed by atoms with Gasteiger partial charge in [0.25, 0.3) is 11.8 Å². The predicted octanol–water partition coefficient (Wildman–Crippen LogP) is 0.342. The Morgan fingerprint density at radius 1 is 1.31 bits per heavy atom. The molecule has 1 saturated heterocycles. The maximum atomic E-state index is 13.3. The van der Waals surface area contributed by atoms with Gasteiger partial charge in [-0.2, -0.15) is 0 Å². The molecule has 0 aliphatic carbocycles. The lowest BCUT2D eigenvalue weighted by atomic mass is 10.0. The SMILES string of the molecule is COP(=O)(/C=C(\C(=O)N[C@@H]1C(=O)N2C(C(=O)O)=C(CCSc3nc(N)c(C)c(N)[n+]3N)CS[C@H]12)c1csc(N)n1)OC. The van der Waals surface area contributed by atoms with Crippen LogP contribution in [0.3, 0.4) is 0 Å². The highest BCUT2D eigenvalue weighted by Crippen LogP contribution is 2.50. The topological polar surface area (TPSA) is 256 Å². The summed E-state index contributed by atoms with van der Waals surface area (Å²) in [6.07, 6.45) is 0.309. The number of thioether (sulfide) groups is 2. The fraction of sp³-hybridized carbons (Fsp3) is 0.364. The van der Waals surface area contributed by atoms with Crippen molar-refractivity contribution < 1.29 is 37.8 Å². The number of carbonyl (C=O) groups is 3. The summed E-state index contributed by atoms with van der Waals surface area (Å²) >= 11 is 3.60. The van der Waals surface area contributed by atoms with Gasteiger partial charge < -0.3 is 36.7 Å². The Morgan fingerprint density at radius 3 is 2.60 bits per heavy atom. The van der Waals surface area contributed by atoms with E-state index in [0.717, 1.165) is 36.3 Å². The van der Waals surface area contributed by atoms with Crippen molar-refractivity contribution in [2.45, 2.75) is 29.9 Å². The number of β-lactam (4-membered cyclic amide) rings is 1. The number of amides is 2. The number of rotatable bonds is 11. The van der Waals surface area contributed by atoms with Crippen molar-refractivity contribution in [2.75, 3.05) is 48.8 Å². The van der Waals surface area contributed by atoms with Gasteiger partial charge >= 0.3 is 18.7 Å². The van der Waals surface area contributed by atoms with Gasteiger partial charge in [0.05, 0.1) is 16.8 Å². The minimum Gasteiger partial charge on any atom is -0.477 e. The maximum absolute atomic E-state index is 13.3. The second-order valence-electron chi connectivity index (χ2n) is 8.90. The summed E-state index contributed by atoms with van der Waals surface area (Å²) in [5.74, 6) is 5.51. The summed E-state index contributed by atoms with van der Waals surface area (Å²) in [4.78, 5) is 48.2. The first kappa shape index (κ1) is 31.6. The van der Waals surface area contributed by atoms with Crippen LogP contribution in [0.2, 0.25) is 0 Å². The van der Waals surface area contributed by atoms with Gasteiger partial charge in [0.15, 0.2) is 5.13 Å². The first-order valence-electron chi connectivity index (χ1n) is 12.0. The normalized spacial score (nSPS) is 19.0. The van der Waals surface area contributed by atoms with E-state index in [1.165, 1.54) is 33.6 Å². The number of thiazole rings is 1. The van der Waals surface area contributed by atoms with Crippen molar-refractivity contribution >= 4 is 82.6 Å². The van der Waals surface area contributed by atoms with Crippen LogP contribution >= 0.6 is 42.5 Å². The Hall–Kier alpha value is -3.35. The molecule has 2 aromatic heterocycles. The monoisotopic (exact) mass is 658 g/mol. The van der Waals surface area contributed by atoms with Crippen LogP contribution in [0, 0.1) is 6.92 Å². The predicted molar refractivity (Wildman–Crippen MR) is 159 cm³/mol. The number of aromatic nitrogens is 3. The highest BCUT2D eigenvalue weighted by atomic mass is 32.2. The molecule has 4 heterocycles. The summed E-state index contributed by atoms with van der Waals surface area (Å²) in [5.41, 5.74) is 18.5. The number of nitrogens with one attached hydrogen (secondary N) is 1. The van der Waals surface area contributed by atoms with E-state index in [2.05, 4.69) is 15.3 Å². The van der Waals surface area contributed by atoms with Crippen molar-refractivity contribution in [2.24, 2.45) is 0 Å². The van der Waals surface area contributed by atoms with E-state index in [1.54, 1.807) is 6.92 Å². The van der Waals surface area contributed by atoms with Gasteiger partial charge in [-0.15, -0.1) is 27.8 Å². The number of anilines is 3. The maximum Gasteiger partial charge on any atom is 0.354 e. The van der Waals surface area contributed by atoms with Gasteiger partial charge in [-0.05, 0) is 18.9 Å². The van der Waals surface area contributed by atoms with E-state index in [0.29, 0.717) is 34.2 Å².